The molecule has 1 atom stereocenters. The molecular formula is C11H13NO. The Hall–Kier alpha value is -1.31. The summed E-state index contributed by atoms with van der Waals surface area (Å²) in [5.41, 5.74) is 3.28. The molecule has 1 aliphatic rings. The lowest BCUT2D eigenvalue weighted by atomic mass is 9.88. The van der Waals surface area contributed by atoms with Gasteiger partial charge in [0, 0.05) is 12.1 Å². The third-order valence-corrected chi connectivity index (χ3v) is 2.63. The normalized spacial score (nSPS) is 20.8. The predicted octanol–water partition coefficient (Wildman–Crippen LogP) is 1.84. The highest BCUT2D eigenvalue weighted by molar-refractivity contribution is 5.97. The van der Waals surface area contributed by atoms with Crippen LogP contribution in [-0.4, -0.2) is 12.5 Å². The lowest BCUT2D eigenvalue weighted by molar-refractivity contribution is 0.0941. The Morgan fingerprint density at radius 1 is 1.46 bits per heavy atom. The van der Waals surface area contributed by atoms with Crippen LogP contribution in [0, 0.1) is 6.92 Å². The summed E-state index contributed by atoms with van der Waals surface area (Å²) < 4.78 is 0. The number of aryl methyl sites for hydroxylation is 1. The largest absolute Gasteiger partial charge is 0.351 e. The van der Waals surface area contributed by atoms with E-state index in [0.29, 0.717) is 5.92 Å². The van der Waals surface area contributed by atoms with Crippen LogP contribution in [0.3, 0.4) is 0 Å². The number of carbonyl (C=O) groups is 1. The van der Waals surface area contributed by atoms with E-state index in [9.17, 15) is 4.79 Å². The van der Waals surface area contributed by atoms with E-state index >= 15 is 0 Å². The standard InChI is InChI=1S/C11H13NO/c1-7-4-3-5-9-10(7)8(2)6-12-11(9)13/h3-5,8H,6H2,1-2H3,(H,12,13). The fraction of sp³-hybridized carbons (Fsp3) is 0.364. The van der Waals surface area contributed by atoms with Crippen LogP contribution in [0.4, 0.5) is 0 Å². The summed E-state index contributed by atoms with van der Waals surface area (Å²) in [5.74, 6) is 0.505. The van der Waals surface area contributed by atoms with Gasteiger partial charge in [-0.2, -0.15) is 0 Å². The zero-order valence-electron chi connectivity index (χ0n) is 7.92. The summed E-state index contributed by atoms with van der Waals surface area (Å²) in [6.45, 7) is 4.97. The highest BCUT2D eigenvalue weighted by atomic mass is 16.1. The van der Waals surface area contributed by atoms with Crippen LogP contribution in [0.5, 0.6) is 0 Å². The van der Waals surface area contributed by atoms with E-state index < -0.39 is 0 Å². The Kier molecular flexibility index (Phi) is 1.83. The third-order valence-electron chi connectivity index (χ3n) is 2.63. The van der Waals surface area contributed by atoms with Gasteiger partial charge in [0.1, 0.15) is 0 Å². The fourth-order valence-corrected chi connectivity index (χ4v) is 1.98. The lowest BCUT2D eigenvalue weighted by Crippen LogP contribution is -2.34. The van der Waals surface area contributed by atoms with Crippen LogP contribution in [0.25, 0.3) is 0 Å². The molecule has 2 nitrogen and oxygen atoms in total. The zero-order valence-corrected chi connectivity index (χ0v) is 7.92. The second-order valence-corrected chi connectivity index (χ2v) is 3.65. The Morgan fingerprint density at radius 2 is 2.23 bits per heavy atom. The van der Waals surface area contributed by atoms with Crippen molar-refractivity contribution >= 4 is 5.91 Å². The van der Waals surface area contributed by atoms with Gasteiger partial charge in [-0.25, -0.2) is 0 Å². The summed E-state index contributed by atoms with van der Waals surface area (Å²) in [5, 5.41) is 2.88. The van der Waals surface area contributed by atoms with Gasteiger partial charge in [-0.15, -0.1) is 0 Å². The van der Waals surface area contributed by atoms with Crippen molar-refractivity contribution < 1.29 is 4.79 Å². The summed E-state index contributed by atoms with van der Waals surface area (Å²) in [7, 11) is 0. The number of nitrogens with one attached hydrogen (secondary N) is 1. The number of amides is 1. The quantitative estimate of drug-likeness (QED) is 0.640. The molecule has 1 aliphatic heterocycles. The van der Waals surface area contributed by atoms with Crippen molar-refractivity contribution in [3.8, 4) is 0 Å². The first-order valence-corrected chi connectivity index (χ1v) is 4.58. The van der Waals surface area contributed by atoms with Crippen LogP contribution in [-0.2, 0) is 0 Å². The number of benzene rings is 1. The Balaban J connectivity index is 2.63. The van der Waals surface area contributed by atoms with Crippen LogP contribution >= 0.6 is 0 Å². The van der Waals surface area contributed by atoms with E-state index in [1.807, 2.05) is 12.1 Å². The molecule has 1 N–H and O–H groups in total. The number of hydrogen-bond donors (Lipinski definition) is 1. The molecule has 0 aromatic heterocycles. The van der Waals surface area contributed by atoms with E-state index in [4.69, 9.17) is 0 Å². The predicted molar refractivity (Wildman–Crippen MR) is 51.9 cm³/mol. The lowest BCUT2D eigenvalue weighted by Gasteiger charge is -2.24. The molecule has 68 valence electrons. The highest BCUT2D eigenvalue weighted by Gasteiger charge is 2.22. The number of carbonyl (C=O) groups excluding carboxylic acids is 1. The van der Waals surface area contributed by atoms with Crippen molar-refractivity contribution in [2.75, 3.05) is 6.54 Å². The van der Waals surface area contributed by atoms with Crippen LogP contribution < -0.4 is 5.32 Å². The number of hydrogen-bond acceptors (Lipinski definition) is 1. The fourth-order valence-electron chi connectivity index (χ4n) is 1.98. The maximum atomic E-state index is 11.5. The van der Waals surface area contributed by atoms with E-state index in [1.165, 1.54) is 11.1 Å². The van der Waals surface area contributed by atoms with Crippen LogP contribution in [0.2, 0.25) is 0 Å². The molecule has 13 heavy (non-hydrogen) atoms. The molecule has 0 saturated heterocycles. The molecule has 1 aromatic carbocycles. The van der Waals surface area contributed by atoms with Crippen molar-refractivity contribution in [3.63, 3.8) is 0 Å². The summed E-state index contributed by atoms with van der Waals surface area (Å²) >= 11 is 0. The molecule has 0 fully saturated rings. The molecule has 0 aliphatic carbocycles. The molecule has 1 unspecified atom stereocenters. The van der Waals surface area contributed by atoms with Gasteiger partial charge >= 0.3 is 0 Å². The minimum atomic E-state index is 0.0665. The number of rotatable bonds is 0. The minimum Gasteiger partial charge on any atom is -0.351 e. The van der Waals surface area contributed by atoms with Gasteiger partial charge < -0.3 is 5.32 Å². The molecule has 1 aromatic rings. The van der Waals surface area contributed by atoms with E-state index in [0.717, 1.165) is 12.1 Å². The van der Waals surface area contributed by atoms with Crippen molar-refractivity contribution in [3.05, 3.63) is 34.9 Å². The van der Waals surface area contributed by atoms with Gasteiger partial charge in [0.25, 0.3) is 5.91 Å². The summed E-state index contributed by atoms with van der Waals surface area (Å²) in [6, 6.07) is 5.90. The van der Waals surface area contributed by atoms with Crippen LogP contribution in [0.1, 0.15) is 34.3 Å². The molecule has 0 saturated carbocycles. The maximum absolute atomic E-state index is 11.5. The topological polar surface area (TPSA) is 29.1 Å². The number of fused-ring (bicyclic) bond motifs is 1. The first-order chi connectivity index (χ1) is 6.20. The Morgan fingerprint density at radius 3 is 2.92 bits per heavy atom. The monoisotopic (exact) mass is 175 g/mol. The molecular weight excluding hydrogens is 162 g/mol. The van der Waals surface area contributed by atoms with Crippen molar-refractivity contribution in [1.29, 1.82) is 0 Å². The van der Waals surface area contributed by atoms with Gasteiger partial charge in [-0.3, -0.25) is 4.79 Å². The molecule has 2 rings (SSSR count). The van der Waals surface area contributed by atoms with Gasteiger partial charge in [-0.1, -0.05) is 19.1 Å². The van der Waals surface area contributed by atoms with Gasteiger partial charge in [0.15, 0.2) is 0 Å². The SMILES string of the molecule is Cc1cccc2c1C(C)CNC2=O. The van der Waals surface area contributed by atoms with Crippen molar-refractivity contribution in [2.45, 2.75) is 19.8 Å². The first-order valence-electron chi connectivity index (χ1n) is 4.58. The average Bonchev–Trinajstić information content (AvgIpc) is 2.12. The van der Waals surface area contributed by atoms with E-state index in [1.54, 1.807) is 0 Å². The second kappa shape index (κ2) is 2.87. The maximum Gasteiger partial charge on any atom is 0.251 e. The van der Waals surface area contributed by atoms with Crippen molar-refractivity contribution in [2.24, 2.45) is 0 Å². The molecule has 0 radical (unpaired) electrons. The van der Waals surface area contributed by atoms with Gasteiger partial charge in [0.2, 0.25) is 0 Å². The molecule has 0 bridgehead atoms. The summed E-state index contributed by atoms with van der Waals surface area (Å²) in [4.78, 5) is 11.5. The third kappa shape index (κ3) is 1.22. The average molecular weight is 175 g/mol. The van der Waals surface area contributed by atoms with Gasteiger partial charge in [-0.05, 0) is 30.0 Å². The van der Waals surface area contributed by atoms with E-state index in [-0.39, 0.29) is 5.91 Å². The molecule has 1 heterocycles. The summed E-state index contributed by atoms with van der Waals surface area (Å²) in [6.07, 6.45) is 0. The van der Waals surface area contributed by atoms with Crippen molar-refractivity contribution in [1.82, 2.24) is 5.32 Å². The Bertz CT molecular complexity index is 357. The zero-order chi connectivity index (χ0) is 9.42. The highest BCUT2D eigenvalue weighted by Crippen LogP contribution is 2.26. The van der Waals surface area contributed by atoms with E-state index in [2.05, 4.69) is 25.2 Å². The van der Waals surface area contributed by atoms with Gasteiger partial charge in [0.05, 0.1) is 0 Å². The minimum absolute atomic E-state index is 0.0665. The Labute approximate surface area is 78.0 Å². The second-order valence-electron chi connectivity index (χ2n) is 3.65. The molecule has 1 amide bonds. The smallest absolute Gasteiger partial charge is 0.251 e. The molecule has 0 spiro atoms. The first kappa shape index (κ1) is 8.30. The molecule has 2 heteroatoms. The van der Waals surface area contributed by atoms with Crippen LogP contribution in [0.15, 0.2) is 18.2 Å².